The monoisotopic (exact) mass is 905 g/mol. The molecule has 0 N–H and O–H groups in total. The van der Waals surface area contributed by atoms with Gasteiger partial charge in [0.1, 0.15) is 0 Å². The van der Waals surface area contributed by atoms with Crippen LogP contribution in [0.15, 0.2) is 261 Å². The third kappa shape index (κ3) is 5.26. The van der Waals surface area contributed by atoms with Crippen molar-refractivity contribution in [2.45, 2.75) is 10.8 Å². The van der Waals surface area contributed by atoms with Crippen LogP contribution in [-0.4, -0.2) is 0 Å². The molecule has 0 unspecified atom stereocenters. The highest BCUT2D eigenvalue weighted by Crippen LogP contribution is 2.63. The lowest BCUT2D eigenvalue weighted by Gasteiger charge is -2.34. The van der Waals surface area contributed by atoms with E-state index in [1.54, 1.807) is 0 Å². The Balaban J connectivity index is 0.926. The zero-order valence-electron chi connectivity index (χ0n) is 38.2. The summed E-state index contributed by atoms with van der Waals surface area (Å²) in [6.45, 7) is 0. The third-order valence-corrected chi connectivity index (χ3v) is 17.0. The van der Waals surface area contributed by atoms with Crippen LogP contribution in [-0.2, 0) is 10.8 Å². The van der Waals surface area contributed by atoms with E-state index < -0.39 is 10.8 Å². The molecule has 0 bridgehead atoms. The van der Waals surface area contributed by atoms with Gasteiger partial charge in [0, 0.05) is 37.2 Å². The molecule has 0 saturated carbocycles. The fourth-order valence-electron chi connectivity index (χ4n) is 13.0. The van der Waals surface area contributed by atoms with Gasteiger partial charge in [-0.05, 0) is 131 Å². The van der Waals surface area contributed by atoms with Gasteiger partial charge in [0.15, 0.2) is 0 Å². The molecule has 0 saturated heterocycles. The van der Waals surface area contributed by atoms with E-state index in [1.807, 2.05) is 11.3 Å². The number of fused-ring (bicyclic) bond motifs is 16. The van der Waals surface area contributed by atoms with Gasteiger partial charge in [-0.1, -0.05) is 218 Å². The molecule has 70 heavy (non-hydrogen) atoms. The molecule has 0 atom stereocenters. The summed E-state index contributed by atoms with van der Waals surface area (Å²) in [7, 11) is 0. The van der Waals surface area contributed by atoms with E-state index in [2.05, 4.69) is 266 Å². The maximum atomic E-state index is 2.46. The number of rotatable bonds is 6. The van der Waals surface area contributed by atoms with E-state index in [0.29, 0.717) is 0 Å². The Hall–Kier alpha value is -8.56. The Morgan fingerprint density at radius 3 is 1.27 bits per heavy atom. The Kier molecular flexibility index (Phi) is 8.43. The smallest absolute Gasteiger partial charge is 0.0725 e. The molecule has 15 rings (SSSR count). The van der Waals surface area contributed by atoms with Crippen LogP contribution in [0.3, 0.4) is 0 Å². The fourth-order valence-corrected chi connectivity index (χ4v) is 14.2. The maximum absolute atomic E-state index is 2.46. The first kappa shape index (κ1) is 39.4. The van der Waals surface area contributed by atoms with Crippen molar-refractivity contribution in [3.8, 4) is 44.5 Å². The Bertz CT molecular complexity index is 3970. The van der Waals surface area contributed by atoms with Crippen LogP contribution in [0.2, 0.25) is 0 Å². The standard InChI is InChI=1S/C68H43NS/c1-2-17-45(18-3-1)67(59-27-10-4-19-51(59)52-20-5-11-28-60(52)67)46-35-39-48(40-36-46)69(47-37-33-44(34-38-47)50-25-16-26-57-56-24-9-15-32-65(56)70-66(50)57)49-41-42-64-58(43-49)55-23-8-14-31-63(55)68(64)61-29-12-6-21-53(61)54-22-7-13-30-62(54)68/h1-43H. The van der Waals surface area contributed by atoms with Crippen molar-refractivity contribution >= 4 is 48.6 Å². The summed E-state index contributed by atoms with van der Waals surface area (Å²) in [6.07, 6.45) is 0. The van der Waals surface area contributed by atoms with Crippen molar-refractivity contribution in [2.75, 3.05) is 4.90 Å². The number of hydrogen-bond acceptors (Lipinski definition) is 2. The minimum absolute atomic E-state index is 0.404. The molecule has 12 aromatic rings. The number of thiophene rings is 1. The van der Waals surface area contributed by atoms with Crippen LogP contribution in [0.25, 0.3) is 64.7 Å². The lowest BCUT2D eigenvalue weighted by atomic mass is 9.68. The Morgan fingerprint density at radius 2 is 0.686 bits per heavy atom. The molecule has 0 amide bonds. The highest BCUT2D eigenvalue weighted by molar-refractivity contribution is 7.26. The second-order valence-corrected chi connectivity index (χ2v) is 20.1. The second kappa shape index (κ2) is 15.0. The topological polar surface area (TPSA) is 3.24 Å². The molecule has 3 aliphatic rings. The van der Waals surface area contributed by atoms with Crippen LogP contribution < -0.4 is 4.90 Å². The van der Waals surface area contributed by atoms with Crippen LogP contribution in [0.5, 0.6) is 0 Å². The Labute approximate surface area is 411 Å². The largest absolute Gasteiger partial charge is 0.310 e. The minimum Gasteiger partial charge on any atom is -0.310 e. The van der Waals surface area contributed by atoms with Crippen LogP contribution in [0.4, 0.5) is 17.1 Å². The van der Waals surface area contributed by atoms with Crippen molar-refractivity contribution in [1.29, 1.82) is 0 Å². The molecule has 3 aliphatic carbocycles. The highest BCUT2D eigenvalue weighted by Gasteiger charge is 2.52. The molecule has 1 heterocycles. The summed E-state index contributed by atoms with van der Waals surface area (Å²) < 4.78 is 2.65. The summed E-state index contributed by atoms with van der Waals surface area (Å²) >= 11 is 1.88. The van der Waals surface area contributed by atoms with Crippen LogP contribution in [0, 0.1) is 0 Å². The van der Waals surface area contributed by atoms with E-state index in [4.69, 9.17) is 0 Å². The molecule has 0 aliphatic heterocycles. The molecular weight excluding hydrogens is 863 g/mol. The average Bonchev–Trinajstić information content (AvgIpc) is 4.15. The van der Waals surface area contributed by atoms with Gasteiger partial charge in [0.2, 0.25) is 0 Å². The predicted molar refractivity (Wildman–Crippen MR) is 293 cm³/mol. The first-order chi connectivity index (χ1) is 34.7. The quantitative estimate of drug-likeness (QED) is 0.161. The van der Waals surface area contributed by atoms with Crippen molar-refractivity contribution in [2.24, 2.45) is 0 Å². The van der Waals surface area contributed by atoms with E-state index >= 15 is 0 Å². The van der Waals surface area contributed by atoms with Crippen molar-refractivity contribution in [3.05, 3.63) is 305 Å². The van der Waals surface area contributed by atoms with Gasteiger partial charge < -0.3 is 4.90 Å². The summed E-state index contributed by atoms with van der Waals surface area (Å²) in [5, 5.41) is 2.63. The van der Waals surface area contributed by atoms with Crippen molar-refractivity contribution < 1.29 is 0 Å². The number of benzene rings is 11. The van der Waals surface area contributed by atoms with E-state index in [9.17, 15) is 0 Å². The number of hydrogen-bond donors (Lipinski definition) is 0. The maximum Gasteiger partial charge on any atom is 0.0725 e. The van der Waals surface area contributed by atoms with Gasteiger partial charge in [-0.15, -0.1) is 11.3 Å². The summed E-state index contributed by atoms with van der Waals surface area (Å²) in [5.41, 5.74) is 23.2. The molecule has 0 radical (unpaired) electrons. The molecule has 2 heteroatoms. The zero-order valence-corrected chi connectivity index (χ0v) is 39.0. The van der Waals surface area contributed by atoms with E-state index in [-0.39, 0.29) is 0 Å². The minimum atomic E-state index is -0.480. The van der Waals surface area contributed by atoms with Crippen molar-refractivity contribution in [3.63, 3.8) is 0 Å². The van der Waals surface area contributed by atoms with E-state index in [0.717, 1.165) is 17.1 Å². The fraction of sp³-hybridized carbons (Fsp3) is 0.0294. The lowest BCUT2D eigenvalue weighted by Crippen LogP contribution is -2.28. The van der Waals surface area contributed by atoms with Gasteiger partial charge in [-0.25, -0.2) is 0 Å². The summed E-state index contributed by atoms with van der Waals surface area (Å²) in [5.74, 6) is 0. The normalized spacial score (nSPS) is 13.9. The van der Waals surface area contributed by atoms with Crippen LogP contribution in [0.1, 0.15) is 44.5 Å². The summed E-state index contributed by atoms with van der Waals surface area (Å²) in [4.78, 5) is 2.46. The number of nitrogens with zero attached hydrogens (tertiary/aromatic N) is 1. The SMILES string of the molecule is c1ccc(C2(c3ccc(N(c4ccc(-c5cccc6c5sc5ccccc56)cc4)c4ccc5c(c4)-c4ccccc4C54c5ccccc5-c5ccccc54)cc3)c3ccccc3-c3ccccc32)cc1. The van der Waals surface area contributed by atoms with Crippen LogP contribution >= 0.6 is 11.3 Å². The first-order valence-corrected chi connectivity index (χ1v) is 25.1. The second-order valence-electron chi connectivity index (χ2n) is 19.0. The third-order valence-electron chi connectivity index (χ3n) is 15.8. The molecule has 11 aromatic carbocycles. The molecular formula is C68H43NS. The molecule has 1 spiro atoms. The van der Waals surface area contributed by atoms with Gasteiger partial charge in [-0.3, -0.25) is 0 Å². The van der Waals surface area contributed by atoms with Gasteiger partial charge in [0.25, 0.3) is 0 Å². The molecule has 326 valence electrons. The Morgan fingerprint density at radius 1 is 0.271 bits per heavy atom. The average molecular weight is 906 g/mol. The molecule has 0 fully saturated rings. The zero-order chi connectivity index (χ0) is 46.0. The van der Waals surface area contributed by atoms with Gasteiger partial charge in [0.05, 0.1) is 10.8 Å². The summed E-state index contributed by atoms with van der Waals surface area (Å²) in [6, 6.07) is 97.8. The highest BCUT2D eigenvalue weighted by atomic mass is 32.1. The van der Waals surface area contributed by atoms with E-state index in [1.165, 1.54) is 109 Å². The molecule has 1 nitrogen and oxygen atoms in total. The van der Waals surface area contributed by atoms with Gasteiger partial charge in [-0.2, -0.15) is 0 Å². The number of anilines is 3. The van der Waals surface area contributed by atoms with Crippen molar-refractivity contribution in [1.82, 2.24) is 0 Å². The predicted octanol–water partition coefficient (Wildman–Crippen LogP) is 17.9. The van der Waals surface area contributed by atoms with Gasteiger partial charge >= 0.3 is 0 Å². The first-order valence-electron chi connectivity index (χ1n) is 24.3. The molecule has 1 aromatic heterocycles. The lowest BCUT2D eigenvalue weighted by molar-refractivity contribution is 0.768.